The third-order valence-electron chi connectivity index (χ3n) is 4.51. The van der Waals surface area contributed by atoms with Crippen LogP contribution in [0.1, 0.15) is 11.5 Å². The minimum atomic E-state index is -0.0721. The maximum Gasteiger partial charge on any atom is 0.258 e. The Balaban J connectivity index is 1.50. The molecule has 4 heterocycles. The summed E-state index contributed by atoms with van der Waals surface area (Å²) in [5, 5.41) is 1.96. The quantitative estimate of drug-likeness (QED) is 0.306. The maximum atomic E-state index is 12.3. The monoisotopic (exact) mass is 416 g/mol. The standard InChI is InChI=1S/C22H16N4OS2/c1-14-23-21(17-12-18(29-22(17)24-14)15-7-3-2-4-8-15)28-13-16-11-20(27)26-10-6-5-9-19(26)25-16/h2-12H,13H2,1H3. The van der Waals surface area contributed by atoms with E-state index in [9.17, 15) is 4.79 Å². The van der Waals surface area contributed by atoms with Crippen molar-refractivity contribution in [3.63, 3.8) is 0 Å². The highest BCUT2D eigenvalue weighted by molar-refractivity contribution is 7.98. The smallest absolute Gasteiger partial charge is 0.258 e. The molecule has 0 fully saturated rings. The number of thioether (sulfide) groups is 1. The second-order valence-corrected chi connectivity index (χ2v) is 8.57. The molecule has 0 atom stereocenters. The Hall–Kier alpha value is -3.03. The first-order chi connectivity index (χ1) is 14.2. The third kappa shape index (κ3) is 3.54. The molecule has 0 radical (unpaired) electrons. The van der Waals surface area contributed by atoms with Crippen molar-refractivity contribution in [3.05, 3.63) is 88.7 Å². The number of hydrogen-bond acceptors (Lipinski definition) is 6. The lowest BCUT2D eigenvalue weighted by Crippen LogP contribution is -2.14. The van der Waals surface area contributed by atoms with Crippen LogP contribution in [0.3, 0.4) is 0 Å². The second-order valence-electron chi connectivity index (χ2n) is 6.57. The molecule has 29 heavy (non-hydrogen) atoms. The van der Waals surface area contributed by atoms with Crippen molar-refractivity contribution in [2.75, 3.05) is 0 Å². The van der Waals surface area contributed by atoms with E-state index in [1.165, 1.54) is 10.4 Å². The molecule has 5 nitrogen and oxygen atoms in total. The number of pyridine rings is 1. The van der Waals surface area contributed by atoms with Gasteiger partial charge in [0.05, 0.1) is 5.69 Å². The van der Waals surface area contributed by atoms with Gasteiger partial charge in [0.2, 0.25) is 0 Å². The number of thiophene rings is 1. The Morgan fingerprint density at radius 2 is 1.83 bits per heavy atom. The highest BCUT2D eigenvalue weighted by Crippen LogP contribution is 2.37. The summed E-state index contributed by atoms with van der Waals surface area (Å²) in [7, 11) is 0. The zero-order valence-electron chi connectivity index (χ0n) is 15.6. The largest absolute Gasteiger partial charge is 0.269 e. The van der Waals surface area contributed by atoms with Crippen LogP contribution in [0.15, 0.2) is 76.7 Å². The fourth-order valence-electron chi connectivity index (χ4n) is 3.17. The molecule has 5 rings (SSSR count). The first-order valence-electron chi connectivity index (χ1n) is 9.11. The number of fused-ring (bicyclic) bond motifs is 2. The summed E-state index contributed by atoms with van der Waals surface area (Å²) in [6, 6.07) is 19.6. The predicted octanol–water partition coefficient (Wildman–Crippen LogP) is 4.97. The van der Waals surface area contributed by atoms with E-state index in [0.29, 0.717) is 11.4 Å². The Morgan fingerprint density at radius 1 is 1.00 bits per heavy atom. The number of hydrogen-bond donors (Lipinski definition) is 0. The van der Waals surface area contributed by atoms with E-state index in [1.807, 2.05) is 43.3 Å². The van der Waals surface area contributed by atoms with Crippen LogP contribution in [0.4, 0.5) is 0 Å². The molecular formula is C22H16N4OS2. The first kappa shape index (κ1) is 18.0. The molecule has 142 valence electrons. The van der Waals surface area contributed by atoms with E-state index < -0.39 is 0 Å². The van der Waals surface area contributed by atoms with Crippen molar-refractivity contribution in [2.24, 2.45) is 0 Å². The lowest BCUT2D eigenvalue weighted by molar-refractivity contribution is 1.00. The highest BCUT2D eigenvalue weighted by atomic mass is 32.2. The van der Waals surface area contributed by atoms with E-state index in [1.54, 1.807) is 39.8 Å². The molecule has 5 aromatic rings. The average Bonchev–Trinajstić information content (AvgIpc) is 3.17. The normalized spacial score (nSPS) is 11.3. The summed E-state index contributed by atoms with van der Waals surface area (Å²) < 4.78 is 1.55. The molecule has 0 spiro atoms. The van der Waals surface area contributed by atoms with Crippen LogP contribution in [0.25, 0.3) is 26.3 Å². The van der Waals surface area contributed by atoms with Crippen LogP contribution >= 0.6 is 23.1 Å². The maximum absolute atomic E-state index is 12.3. The zero-order valence-corrected chi connectivity index (χ0v) is 17.2. The van der Waals surface area contributed by atoms with Crippen LogP contribution in [0.5, 0.6) is 0 Å². The zero-order chi connectivity index (χ0) is 19.8. The SMILES string of the molecule is Cc1nc(SCc2cc(=O)n3ccccc3n2)c2cc(-c3ccccc3)sc2n1. The fourth-order valence-corrected chi connectivity index (χ4v) is 5.26. The van der Waals surface area contributed by atoms with Crippen LogP contribution in [0.2, 0.25) is 0 Å². The second kappa shape index (κ2) is 7.42. The van der Waals surface area contributed by atoms with Crippen LogP contribution in [0, 0.1) is 6.92 Å². The number of aromatic nitrogens is 4. The molecule has 4 aromatic heterocycles. The lowest BCUT2D eigenvalue weighted by Gasteiger charge is -2.05. The molecule has 0 saturated carbocycles. The van der Waals surface area contributed by atoms with E-state index in [0.717, 1.165) is 26.8 Å². The van der Waals surface area contributed by atoms with Crippen molar-refractivity contribution >= 4 is 39.0 Å². The molecule has 0 amide bonds. The van der Waals surface area contributed by atoms with Crippen LogP contribution < -0.4 is 5.56 Å². The van der Waals surface area contributed by atoms with Gasteiger partial charge in [-0.05, 0) is 30.7 Å². The molecule has 0 aliphatic carbocycles. The van der Waals surface area contributed by atoms with Crippen molar-refractivity contribution in [1.29, 1.82) is 0 Å². The number of aryl methyl sites for hydroxylation is 1. The van der Waals surface area contributed by atoms with Crippen molar-refractivity contribution < 1.29 is 0 Å². The van der Waals surface area contributed by atoms with Gasteiger partial charge in [-0.15, -0.1) is 11.3 Å². The van der Waals surface area contributed by atoms with Gasteiger partial charge >= 0.3 is 0 Å². The van der Waals surface area contributed by atoms with Gasteiger partial charge in [-0.25, -0.2) is 15.0 Å². The van der Waals surface area contributed by atoms with Gasteiger partial charge in [-0.2, -0.15) is 0 Å². The summed E-state index contributed by atoms with van der Waals surface area (Å²) in [5.41, 5.74) is 2.50. The molecule has 0 aliphatic rings. The summed E-state index contributed by atoms with van der Waals surface area (Å²) in [6.07, 6.45) is 1.73. The van der Waals surface area contributed by atoms with E-state index in [-0.39, 0.29) is 5.56 Å². The summed E-state index contributed by atoms with van der Waals surface area (Å²) in [5.74, 6) is 1.32. The van der Waals surface area contributed by atoms with Gasteiger partial charge in [0, 0.05) is 28.3 Å². The number of nitrogens with zero attached hydrogens (tertiary/aromatic N) is 4. The molecule has 7 heteroatoms. The van der Waals surface area contributed by atoms with Crippen molar-refractivity contribution in [3.8, 4) is 10.4 Å². The fraction of sp³-hybridized carbons (Fsp3) is 0.0909. The van der Waals surface area contributed by atoms with Gasteiger partial charge in [0.1, 0.15) is 21.3 Å². The third-order valence-corrected chi connectivity index (χ3v) is 6.61. The highest BCUT2D eigenvalue weighted by Gasteiger charge is 2.13. The summed E-state index contributed by atoms with van der Waals surface area (Å²) in [4.78, 5) is 28.4. The van der Waals surface area contributed by atoms with E-state index in [4.69, 9.17) is 0 Å². The van der Waals surface area contributed by atoms with Gasteiger partial charge < -0.3 is 0 Å². The van der Waals surface area contributed by atoms with Crippen LogP contribution in [-0.2, 0) is 5.75 Å². The molecule has 0 N–H and O–H groups in total. The predicted molar refractivity (Wildman–Crippen MR) is 119 cm³/mol. The molecular weight excluding hydrogens is 400 g/mol. The van der Waals surface area contributed by atoms with Crippen molar-refractivity contribution in [1.82, 2.24) is 19.4 Å². The first-order valence-corrected chi connectivity index (χ1v) is 10.9. The number of rotatable bonds is 4. The molecule has 0 bridgehead atoms. The molecule has 1 aromatic carbocycles. The Labute approximate surface area is 175 Å². The summed E-state index contributed by atoms with van der Waals surface area (Å²) >= 11 is 3.26. The molecule has 0 saturated heterocycles. The van der Waals surface area contributed by atoms with Crippen molar-refractivity contribution in [2.45, 2.75) is 17.7 Å². The number of benzene rings is 1. The van der Waals surface area contributed by atoms with Gasteiger partial charge in [-0.3, -0.25) is 9.20 Å². The van der Waals surface area contributed by atoms with Gasteiger partial charge in [0.25, 0.3) is 5.56 Å². The van der Waals surface area contributed by atoms with Gasteiger partial charge in [0.15, 0.2) is 0 Å². The van der Waals surface area contributed by atoms with Gasteiger partial charge in [-0.1, -0.05) is 48.2 Å². The average molecular weight is 417 g/mol. The minimum Gasteiger partial charge on any atom is -0.269 e. The Morgan fingerprint density at radius 3 is 2.69 bits per heavy atom. The molecule has 0 aliphatic heterocycles. The lowest BCUT2D eigenvalue weighted by atomic mass is 10.2. The Bertz CT molecular complexity index is 1390. The van der Waals surface area contributed by atoms with E-state index in [2.05, 4.69) is 33.2 Å². The summed E-state index contributed by atoms with van der Waals surface area (Å²) in [6.45, 7) is 1.91. The molecule has 0 unspecified atom stereocenters. The van der Waals surface area contributed by atoms with Crippen LogP contribution in [-0.4, -0.2) is 19.4 Å². The van der Waals surface area contributed by atoms with E-state index >= 15 is 0 Å². The Kier molecular flexibility index (Phi) is 4.61. The topological polar surface area (TPSA) is 60.2 Å². The minimum absolute atomic E-state index is 0.0721.